The number of rotatable bonds is 2. The van der Waals surface area contributed by atoms with Crippen LogP contribution >= 0.6 is 0 Å². The lowest BCUT2D eigenvalue weighted by molar-refractivity contribution is 0.0758. The minimum Gasteiger partial charge on any atom is -0.496 e. The highest BCUT2D eigenvalue weighted by Gasteiger charge is 2.37. The fraction of sp³-hybridized carbons (Fsp3) is 0.381. The second-order valence-electron chi connectivity index (χ2n) is 7.27. The SMILES string of the molecule is COc1cc2c(c3c1C(=O)CC(c1ccccc1)O3)CCC(C)(C)O2. The lowest BCUT2D eigenvalue weighted by atomic mass is 9.88. The number of methoxy groups -OCH3 is 1. The van der Waals surface area contributed by atoms with Crippen LogP contribution in [0.25, 0.3) is 0 Å². The van der Waals surface area contributed by atoms with Gasteiger partial charge in [-0.1, -0.05) is 30.3 Å². The Morgan fingerprint density at radius 3 is 2.68 bits per heavy atom. The summed E-state index contributed by atoms with van der Waals surface area (Å²) in [6.45, 7) is 4.14. The van der Waals surface area contributed by atoms with Crippen molar-refractivity contribution in [2.24, 2.45) is 0 Å². The Labute approximate surface area is 147 Å². The topological polar surface area (TPSA) is 44.8 Å². The summed E-state index contributed by atoms with van der Waals surface area (Å²) in [5, 5.41) is 0. The lowest BCUT2D eigenvalue weighted by Crippen LogP contribution is -2.33. The largest absolute Gasteiger partial charge is 0.496 e. The number of hydrogen-bond acceptors (Lipinski definition) is 4. The molecule has 0 radical (unpaired) electrons. The van der Waals surface area contributed by atoms with Crippen LogP contribution in [-0.2, 0) is 6.42 Å². The van der Waals surface area contributed by atoms with Crippen LogP contribution in [0.5, 0.6) is 17.2 Å². The van der Waals surface area contributed by atoms with Crippen molar-refractivity contribution in [3.63, 3.8) is 0 Å². The second-order valence-corrected chi connectivity index (χ2v) is 7.27. The molecule has 2 aromatic rings. The van der Waals surface area contributed by atoms with E-state index in [-0.39, 0.29) is 17.5 Å². The zero-order valence-corrected chi connectivity index (χ0v) is 14.8. The maximum Gasteiger partial charge on any atom is 0.174 e. The van der Waals surface area contributed by atoms with Gasteiger partial charge in [0.2, 0.25) is 0 Å². The van der Waals surface area contributed by atoms with Crippen LogP contribution < -0.4 is 14.2 Å². The van der Waals surface area contributed by atoms with E-state index in [1.54, 1.807) is 7.11 Å². The first-order valence-electron chi connectivity index (χ1n) is 8.66. The second kappa shape index (κ2) is 5.80. The predicted molar refractivity (Wildman–Crippen MR) is 94.8 cm³/mol. The summed E-state index contributed by atoms with van der Waals surface area (Å²) in [5.74, 6) is 1.98. The van der Waals surface area contributed by atoms with Gasteiger partial charge in [0.05, 0.1) is 13.5 Å². The standard InChI is InChI=1S/C21H22O4/c1-21(2)10-9-14-17(25-21)12-18(23-3)19-15(22)11-16(24-20(14)19)13-7-5-4-6-8-13/h4-8,12,16H,9-11H2,1-3H3. The molecule has 1 atom stereocenters. The predicted octanol–water partition coefficient (Wildman–Crippen LogP) is 4.51. The number of ether oxygens (including phenoxy) is 3. The first kappa shape index (κ1) is 16.0. The number of benzene rings is 2. The van der Waals surface area contributed by atoms with Gasteiger partial charge in [0.25, 0.3) is 0 Å². The molecule has 2 aromatic carbocycles. The summed E-state index contributed by atoms with van der Waals surface area (Å²) < 4.78 is 17.9. The van der Waals surface area contributed by atoms with E-state index in [1.807, 2.05) is 36.4 Å². The Kier molecular flexibility index (Phi) is 3.71. The molecule has 0 N–H and O–H groups in total. The maximum absolute atomic E-state index is 12.9. The maximum atomic E-state index is 12.9. The molecule has 0 amide bonds. The Hall–Kier alpha value is -2.49. The molecule has 0 saturated carbocycles. The number of fused-ring (bicyclic) bond motifs is 3. The van der Waals surface area contributed by atoms with Gasteiger partial charge in [0.1, 0.15) is 34.5 Å². The summed E-state index contributed by atoms with van der Waals surface area (Å²) >= 11 is 0. The Morgan fingerprint density at radius 2 is 1.96 bits per heavy atom. The van der Waals surface area contributed by atoms with Crippen LogP contribution in [0.2, 0.25) is 0 Å². The van der Waals surface area contributed by atoms with E-state index in [0.29, 0.717) is 23.5 Å². The molecule has 130 valence electrons. The monoisotopic (exact) mass is 338 g/mol. The molecular formula is C21H22O4. The molecule has 25 heavy (non-hydrogen) atoms. The molecule has 4 heteroatoms. The van der Waals surface area contributed by atoms with Crippen LogP contribution in [0.1, 0.15) is 54.3 Å². The van der Waals surface area contributed by atoms with E-state index >= 15 is 0 Å². The van der Waals surface area contributed by atoms with Crippen molar-refractivity contribution >= 4 is 5.78 Å². The minimum absolute atomic E-state index is 0.0552. The highest BCUT2D eigenvalue weighted by Crippen LogP contribution is 2.49. The number of carbonyl (C=O) groups excluding carboxylic acids is 1. The fourth-order valence-corrected chi connectivity index (χ4v) is 3.62. The van der Waals surface area contributed by atoms with Crippen molar-refractivity contribution in [2.75, 3.05) is 7.11 Å². The van der Waals surface area contributed by atoms with E-state index in [4.69, 9.17) is 14.2 Å². The molecule has 0 spiro atoms. The van der Waals surface area contributed by atoms with Crippen LogP contribution in [-0.4, -0.2) is 18.5 Å². The average molecular weight is 338 g/mol. The quantitative estimate of drug-likeness (QED) is 0.808. The summed E-state index contributed by atoms with van der Waals surface area (Å²) in [7, 11) is 1.58. The van der Waals surface area contributed by atoms with Crippen molar-refractivity contribution in [3.8, 4) is 17.2 Å². The molecule has 0 bridgehead atoms. The smallest absolute Gasteiger partial charge is 0.174 e. The van der Waals surface area contributed by atoms with E-state index in [1.165, 1.54) is 0 Å². The first-order chi connectivity index (χ1) is 12.0. The van der Waals surface area contributed by atoms with Crippen molar-refractivity contribution < 1.29 is 19.0 Å². The van der Waals surface area contributed by atoms with Gasteiger partial charge >= 0.3 is 0 Å². The van der Waals surface area contributed by atoms with Crippen LogP contribution in [0.4, 0.5) is 0 Å². The van der Waals surface area contributed by atoms with Crippen molar-refractivity contribution in [3.05, 3.63) is 53.1 Å². The highest BCUT2D eigenvalue weighted by atomic mass is 16.5. The molecule has 4 nitrogen and oxygen atoms in total. The van der Waals surface area contributed by atoms with Gasteiger partial charge in [-0.25, -0.2) is 0 Å². The van der Waals surface area contributed by atoms with Gasteiger partial charge in [0.15, 0.2) is 5.78 Å². The third kappa shape index (κ3) is 2.76. The highest BCUT2D eigenvalue weighted by molar-refractivity contribution is 6.03. The molecule has 2 heterocycles. The van der Waals surface area contributed by atoms with Gasteiger partial charge in [-0.3, -0.25) is 4.79 Å². The summed E-state index contributed by atoms with van der Waals surface area (Å²) in [5.41, 5.74) is 2.31. The minimum atomic E-state index is -0.271. The summed E-state index contributed by atoms with van der Waals surface area (Å²) in [4.78, 5) is 12.9. The summed E-state index contributed by atoms with van der Waals surface area (Å²) in [6.07, 6.45) is 1.75. The van der Waals surface area contributed by atoms with E-state index < -0.39 is 0 Å². The lowest BCUT2D eigenvalue weighted by Gasteiger charge is -2.36. The molecule has 1 unspecified atom stereocenters. The number of hydrogen-bond donors (Lipinski definition) is 0. The molecule has 0 saturated heterocycles. The molecule has 2 aliphatic rings. The van der Waals surface area contributed by atoms with Crippen molar-refractivity contribution in [1.82, 2.24) is 0 Å². The normalized spacial score (nSPS) is 20.8. The molecule has 2 aliphatic heterocycles. The van der Waals surface area contributed by atoms with E-state index in [9.17, 15) is 4.79 Å². The van der Waals surface area contributed by atoms with Gasteiger partial charge in [-0.05, 0) is 32.3 Å². The van der Waals surface area contributed by atoms with Crippen LogP contribution in [0, 0.1) is 0 Å². The van der Waals surface area contributed by atoms with E-state index in [0.717, 1.165) is 29.7 Å². The molecular weight excluding hydrogens is 316 g/mol. The summed E-state index contributed by atoms with van der Waals surface area (Å²) in [6, 6.07) is 11.7. The number of ketones is 1. The average Bonchev–Trinajstić information content (AvgIpc) is 2.60. The number of carbonyl (C=O) groups is 1. The third-order valence-electron chi connectivity index (χ3n) is 4.97. The molecule has 0 fully saturated rings. The molecule has 0 aromatic heterocycles. The molecule has 0 aliphatic carbocycles. The Bertz CT molecular complexity index is 824. The van der Waals surface area contributed by atoms with Gasteiger partial charge in [-0.2, -0.15) is 0 Å². The fourth-order valence-electron chi connectivity index (χ4n) is 3.62. The van der Waals surface area contributed by atoms with Crippen molar-refractivity contribution in [2.45, 2.75) is 44.8 Å². The molecule has 4 rings (SSSR count). The van der Waals surface area contributed by atoms with Crippen LogP contribution in [0.15, 0.2) is 36.4 Å². The Morgan fingerprint density at radius 1 is 1.20 bits per heavy atom. The van der Waals surface area contributed by atoms with Crippen molar-refractivity contribution in [1.29, 1.82) is 0 Å². The zero-order chi connectivity index (χ0) is 17.6. The Balaban J connectivity index is 1.83. The van der Waals surface area contributed by atoms with Crippen LogP contribution in [0.3, 0.4) is 0 Å². The number of Topliss-reactive ketones (excluding diaryl/α,β-unsaturated/α-hetero) is 1. The van der Waals surface area contributed by atoms with E-state index in [2.05, 4.69) is 13.8 Å². The van der Waals surface area contributed by atoms with Gasteiger partial charge in [-0.15, -0.1) is 0 Å². The zero-order valence-electron chi connectivity index (χ0n) is 14.8. The first-order valence-corrected chi connectivity index (χ1v) is 8.66. The third-order valence-corrected chi connectivity index (χ3v) is 4.97. The van der Waals surface area contributed by atoms with Gasteiger partial charge in [0, 0.05) is 11.6 Å². The van der Waals surface area contributed by atoms with Gasteiger partial charge < -0.3 is 14.2 Å².